The molecule has 6 N–H and O–H groups in total. The normalized spacial score (nSPS) is 35.8. The summed E-state index contributed by atoms with van der Waals surface area (Å²) in [5.41, 5.74) is 5.81. The van der Waals surface area contributed by atoms with E-state index in [1.54, 1.807) is 0 Å². The molecule has 0 radical (unpaired) electrons. The van der Waals surface area contributed by atoms with E-state index in [1.807, 2.05) is 0 Å². The molecule has 0 bridgehead atoms. The molecule has 0 aromatic rings. The van der Waals surface area contributed by atoms with Crippen molar-refractivity contribution in [2.45, 2.75) is 56.5 Å². The van der Waals surface area contributed by atoms with Gasteiger partial charge in [0, 0.05) is 20.5 Å². The van der Waals surface area contributed by atoms with Gasteiger partial charge in [0.1, 0.15) is 6.10 Å². The Kier molecular flexibility index (Phi) is 5.65. The van der Waals surface area contributed by atoms with Crippen LogP contribution in [0.5, 0.6) is 0 Å². The molecule has 9 heteroatoms. The maximum absolute atomic E-state index is 11.4. The maximum Gasteiger partial charge on any atom is 0.364 e. The fraction of sp³-hybridized carbons (Fsp3) is 0.833. The van der Waals surface area contributed by atoms with E-state index in [1.165, 1.54) is 13.8 Å². The van der Waals surface area contributed by atoms with E-state index in [0.717, 1.165) is 7.11 Å². The predicted molar refractivity (Wildman–Crippen MR) is 70.1 cm³/mol. The average Bonchev–Trinajstić information content (AvgIpc) is 2.39. The average molecular weight is 306 g/mol. The van der Waals surface area contributed by atoms with Crippen LogP contribution in [0.1, 0.15) is 20.3 Å². The Morgan fingerprint density at radius 1 is 1.52 bits per heavy atom. The first-order valence-electron chi connectivity index (χ1n) is 6.49. The highest BCUT2D eigenvalue weighted by atomic mass is 16.7. The van der Waals surface area contributed by atoms with Crippen LogP contribution in [0.15, 0.2) is 0 Å². The molecular weight excluding hydrogens is 284 g/mol. The number of carbonyl (C=O) groups is 2. The Morgan fingerprint density at radius 2 is 2.10 bits per heavy atom. The van der Waals surface area contributed by atoms with Gasteiger partial charge in [-0.05, 0) is 6.92 Å². The van der Waals surface area contributed by atoms with Crippen LogP contribution in [0.4, 0.5) is 0 Å². The molecule has 1 rings (SSSR count). The number of carbonyl (C=O) groups excluding carboxylic acids is 1. The number of ether oxygens (including phenoxy) is 2. The molecule has 0 saturated carbocycles. The molecular formula is C12H22N2O7. The Bertz CT molecular complexity index is 403. The number of aliphatic hydroxyl groups is 2. The summed E-state index contributed by atoms with van der Waals surface area (Å²) in [5.74, 6) is -3.94. The van der Waals surface area contributed by atoms with Gasteiger partial charge >= 0.3 is 5.97 Å². The zero-order valence-corrected chi connectivity index (χ0v) is 12.1. The summed E-state index contributed by atoms with van der Waals surface area (Å²) < 4.78 is 10.3. The lowest BCUT2D eigenvalue weighted by atomic mass is 9.88. The number of hydrogen-bond donors (Lipinski definition) is 5. The number of rotatable bonds is 5. The predicted octanol–water partition coefficient (Wildman–Crippen LogP) is -2.22. The molecule has 21 heavy (non-hydrogen) atoms. The van der Waals surface area contributed by atoms with Gasteiger partial charge in [-0.2, -0.15) is 0 Å². The molecule has 1 aliphatic heterocycles. The van der Waals surface area contributed by atoms with Gasteiger partial charge in [0.25, 0.3) is 5.79 Å². The zero-order chi connectivity index (χ0) is 16.4. The Balaban J connectivity index is 3.13. The van der Waals surface area contributed by atoms with E-state index < -0.39 is 48.1 Å². The second-order valence-corrected chi connectivity index (χ2v) is 5.16. The molecule has 1 amide bonds. The first-order valence-corrected chi connectivity index (χ1v) is 6.49. The van der Waals surface area contributed by atoms with Crippen LogP contribution in [-0.4, -0.2) is 70.5 Å². The minimum atomic E-state index is -2.08. The van der Waals surface area contributed by atoms with Gasteiger partial charge in [0.15, 0.2) is 0 Å². The number of methoxy groups -OCH3 is 1. The van der Waals surface area contributed by atoms with Gasteiger partial charge in [-0.1, -0.05) is 0 Å². The summed E-state index contributed by atoms with van der Waals surface area (Å²) in [5, 5.41) is 31.5. The standard InChI is InChI=1S/C12H22N2O7/c1-5(15)8(13)10-9(14-6(2)16)7(17)4-12(20-3,21-10)11(18)19/h5,7-10,15,17H,4,13H2,1-3H3,(H,14,16)(H,18,19)/t5-,7?,8-,9-,10?,12-/m0/s1. The summed E-state index contributed by atoms with van der Waals surface area (Å²) in [7, 11) is 1.13. The van der Waals surface area contributed by atoms with Gasteiger partial charge in [-0.25, -0.2) is 4.79 Å². The van der Waals surface area contributed by atoms with Crippen molar-refractivity contribution in [3.8, 4) is 0 Å². The third-order valence-corrected chi connectivity index (χ3v) is 3.53. The van der Waals surface area contributed by atoms with Crippen molar-refractivity contribution in [1.29, 1.82) is 0 Å². The fourth-order valence-corrected chi connectivity index (χ4v) is 2.32. The van der Waals surface area contributed by atoms with E-state index in [-0.39, 0.29) is 6.42 Å². The van der Waals surface area contributed by atoms with Crippen LogP contribution in [0.2, 0.25) is 0 Å². The Hall–Kier alpha value is -1.26. The third-order valence-electron chi connectivity index (χ3n) is 3.53. The molecule has 0 aromatic heterocycles. The molecule has 1 heterocycles. The van der Waals surface area contributed by atoms with Crippen LogP contribution in [0, 0.1) is 0 Å². The van der Waals surface area contributed by atoms with Gasteiger partial charge < -0.3 is 35.8 Å². The molecule has 6 atom stereocenters. The summed E-state index contributed by atoms with van der Waals surface area (Å²) in [6, 6.07) is -1.97. The van der Waals surface area contributed by atoms with Crippen LogP contribution in [0.25, 0.3) is 0 Å². The topological polar surface area (TPSA) is 151 Å². The number of carboxylic acids is 1. The smallest absolute Gasteiger partial charge is 0.364 e. The highest BCUT2D eigenvalue weighted by Gasteiger charge is 2.54. The Labute approximate surface area is 122 Å². The van der Waals surface area contributed by atoms with Crippen molar-refractivity contribution in [2.75, 3.05) is 7.11 Å². The third kappa shape index (κ3) is 3.69. The number of aliphatic carboxylic acids is 1. The van der Waals surface area contributed by atoms with Crippen molar-refractivity contribution >= 4 is 11.9 Å². The zero-order valence-electron chi connectivity index (χ0n) is 12.1. The fourth-order valence-electron chi connectivity index (χ4n) is 2.32. The minimum absolute atomic E-state index is 0.382. The van der Waals surface area contributed by atoms with E-state index in [4.69, 9.17) is 15.2 Å². The molecule has 1 fully saturated rings. The lowest BCUT2D eigenvalue weighted by Crippen LogP contribution is -2.68. The second kappa shape index (κ2) is 6.67. The number of hydrogen-bond acceptors (Lipinski definition) is 7. The van der Waals surface area contributed by atoms with Crippen LogP contribution < -0.4 is 11.1 Å². The van der Waals surface area contributed by atoms with Gasteiger partial charge in [-0.3, -0.25) is 4.79 Å². The second-order valence-electron chi connectivity index (χ2n) is 5.16. The summed E-state index contributed by atoms with van der Waals surface area (Å²) in [6.45, 7) is 2.64. The summed E-state index contributed by atoms with van der Waals surface area (Å²) in [6.07, 6.45) is -3.81. The van der Waals surface area contributed by atoms with Crippen molar-refractivity contribution < 1.29 is 34.4 Å². The number of carboxylic acid groups (broad SMARTS) is 1. The SMILES string of the molecule is CO[C@@]1(C(=O)O)CC(O)[C@H](NC(C)=O)C([C@@H](N)[C@H](C)O)O1. The largest absolute Gasteiger partial charge is 0.477 e. The van der Waals surface area contributed by atoms with E-state index >= 15 is 0 Å². The molecule has 9 nitrogen and oxygen atoms in total. The lowest BCUT2D eigenvalue weighted by molar-refractivity contribution is -0.291. The molecule has 122 valence electrons. The maximum atomic E-state index is 11.4. The molecule has 0 aliphatic carbocycles. The quantitative estimate of drug-likeness (QED) is 0.383. The molecule has 1 aliphatic rings. The van der Waals surface area contributed by atoms with E-state index in [0.29, 0.717) is 0 Å². The summed E-state index contributed by atoms with van der Waals surface area (Å²) in [4.78, 5) is 22.6. The monoisotopic (exact) mass is 306 g/mol. The molecule has 0 aromatic carbocycles. The van der Waals surface area contributed by atoms with Gasteiger partial charge in [0.2, 0.25) is 5.91 Å². The summed E-state index contributed by atoms with van der Waals surface area (Å²) >= 11 is 0. The molecule has 0 spiro atoms. The van der Waals surface area contributed by atoms with E-state index in [9.17, 15) is 24.9 Å². The number of amides is 1. The van der Waals surface area contributed by atoms with Crippen molar-refractivity contribution in [3.63, 3.8) is 0 Å². The van der Waals surface area contributed by atoms with Gasteiger partial charge in [0.05, 0.1) is 24.3 Å². The van der Waals surface area contributed by atoms with Crippen LogP contribution >= 0.6 is 0 Å². The first kappa shape index (κ1) is 17.8. The minimum Gasteiger partial charge on any atom is -0.477 e. The van der Waals surface area contributed by atoms with Crippen LogP contribution in [-0.2, 0) is 19.1 Å². The number of nitrogens with one attached hydrogen (secondary N) is 1. The highest BCUT2D eigenvalue weighted by molar-refractivity contribution is 5.76. The van der Waals surface area contributed by atoms with E-state index in [2.05, 4.69) is 5.32 Å². The highest BCUT2D eigenvalue weighted by Crippen LogP contribution is 2.32. The van der Waals surface area contributed by atoms with Crippen molar-refractivity contribution in [1.82, 2.24) is 5.32 Å². The first-order chi connectivity index (χ1) is 9.64. The number of nitrogens with two attached hydrogens (primary N) is 1. The van der Waals surface area contributed by atoms with Crippen molar-refractivity contribution in [2.24, 2.45) is 5.73 Å². The number of aliphatic hydroxyl groups excluding tert-OH is 2. The lowest BCUT2D eigenvalue weighted by Gasteiger charge is -2.46. The Morgan fingerprint density at radius 3 is 2.48 bits per heavy atom. The van der Waals surface area contributed by atoms with Crippen LogP contribution in [0.3, 0.4) is 0 Å². The molecule has 2 unspecified atom stereocenters. The van der Waals surface area contributed by atoms with Crippen molar-refractivity contribution in [3.05, 3.63) is 0 Å². The van der Waals surface area contributed by atoms with Gasteiger partial charge in [-0.15, -0.1) is 0 Å². The molecule has 1 saturated heterocycles.